The second-order valence-electron chi connectivity index (χ2n) is 6.98. The van der Waals surface area contributed by atoms with Crippen molar-refractivity contribution in [3.05, 3.63) is 78.1 Å². The van der Waals surface area contributed by atoms with Crippen LogP contribution in [0.5, 0.6) is 0 Å². The zero-order valence-corrected chi connectivity index (χ0v) is 15.7. The zero-order valence-electron chi connectivity index (χ0n) is 15.7. The van der Waals surface area contributed by atoms with Gasteiger partial charge < -0.3 is 15.4 Å². The number of carbonyl (C=O) groups is 1. The standard InChI is InChI=1S/C22H24N4O2/c27-22(24-19-14-23-26(15-19)16-20-10-6-12-28-20)25-21-11-5-4-9-18(21)13-17-7-2-1-3-8-17/h1-5,7-9,11,14-15,20H,6,10,12-13,16H2,(H2,24,25,27)/t20-/m1/s1. The smallest absolute Gasteiger partial charge is 0.323 e. The number of ether oxygens (including phenoxy) is 1. The fourth-order valence-corrected chi connectivity index (χ4v) is 3.42. The van der Waals surface area contributed by atoms with Gasteiger partial charge in [-0.2, -0.15) is 5.10 Å². The van der Waals surface area contributed by atoms with Crippen LogP contribution in [0.2, 0.25) is 0 Å². The SMILES string of the molecule is O=C(Nc1cnn(C[C@H]2CCCO2)c1)Nc1ccccc1Cc1ccccc1. The van der Waals surface area contributed by atoms with Crippen LogP contribution in [0.4, 0.5) is 16.2 Å². The van der Waals surface area contributed by atoms with Gasteiger partial charge in [-0.15, -0.1) is 0 Å². The van der Waals surface area contributed by atoms with E-state index >= 15 is 0 Å². The highest BCUT2D eigenvalue weighted by Crippen LogP contribution is 2.20. The lowest BCUT2D eigenvalue weighted by Gasteiger charge is -2.11. The molecule has 0 unspecified atom stereocenters. The minimum absolute atomic E-state index is 0.214. The third-order valence-electron chi connectivity index (χ3n) is 4.81. The molecule has 1 aliphatic heterocycles. The predicted molar refractivity (Wildman–Crippen MR) is 110 cm³/mol. The number of urea groups is 1. The fraction of sp³-hybridized carbons (Fsp3) is 0.273. The van der Waals surface area contributed by atoms with Crippen molar-refractivity contribution in [1.82, 2.24) is 9.78 Å². The van der Waals surface area contributed by atoms with Gasteiger partial charge in [0.15, 0.2) is 0 Å². The van der Waals surface area contributed by atoms with Gasteiger partial charge in [-0.1, -0.05) is 48.5 Å². The molecule has 1 aromatic heterocycles. The second-order valence-corrected chi connectivity index (χ2v) is 6.98. The molecule has 1 aliphatic rings. The van der Waals surface area contributed by atoms with Crippen molar-refractivity contribution in [1.29, 1.82) is 0 Å². The molecule has 2 aromatic carbocycles. The molecule has 2 N–H and O–H groups in total. The molecule has 0 aliphatic carbocycles. The molecule has 28 heavy (non-hydrogen) atoms. The van der Waals surface area contributed by atoms with Gasteiger partial charge in [-0.05, 0) is 36.5 Å². The minimum Gasteiger partial charge on any atom is -0.376 e. The number of carbonyl (C=O) groups excluding carboxylic acids is 1. The Morgan fingerprint density at radius 1 is 1.11 bits per heavy atom. The first-order chi connectivity index (χ1) is 13.8. The Hall–Kier alpha value is -3.12. The summed E-state index contributed by atoms with van der Waals surface area (Å²) in [7, 11) is 0. The molecule has 0 radical (unpaired) electrons. The van der Waals surface area contributed by atoms with E-state index in [2.05, 4.69) is 27.9 Å². The van der Waals surface area contributed by atoms with E-state index in [1.54, 1.807) is 6.20 Å². The average Bonchev–Trinajstić information content (AvgIpc) is 3.37. The molecule has 2 heterocycles. The number of amides is 2. The van der Waals surface area contributed by atoms with E-state index in [9.17, 15) is 4.79 Å². The van der Waals surface area contributed by atoms with Gasteiger partial charge in [0.25, 0.3) is 0 Å². The third-order valence-corrected chi connectivity index (χ3v) is 4.81. The average molecular weight is 376 g/mol. The van der Waals surface area contributed by atoms with Crippen molar-refractivity contribution < 1.29 is 9.53 Å². The number of hydrogen-bond acceptors (Lipinski definition) is 3. The van der Waals surface area contributed by atoms with Crippen molar-refractivity contribution in [3.63, 3.8) is 0 Å². The van der Waals surface area contributed by atoms with Gasteiger partial charge in [0, 0.05) is 18.5 Å². The van der Waals surface area contributed by atoms with E-state index in [-0.39, 0.29) is 12.1 Å². The molecule has 1 fully saturated rings. The molecule has 0 saturated carbocycles. The van der Waals surface area contributed by atoms with Crippen LogP contribution in [0.15, 0.2) is 67.0 Å². The van der Waals surface area contributed by atoms with Crippen molar-refractivity contribution in [2.75, 3.05) is 17.2 Å². The predicted octanol–water partition coefficient (Wildman–Crippen LogP) is 4.30. The quantitative estimate of drug-likeness (QED) is 0.674. The van der Waals surface area contributed by atoms with Crippen LogP contribution in [0, 0.1) is 0 Å². The molecule has 0 bridgehead atoms. The third kappa shape index (κ3) is 4.78. The van der Waals surface area contributed by atoms with Crippen LogP contribution in [0.25, 0.3) is 0 Å². The Morgan fingerprint density at radius 2 is 1.93 bits per heavy atom. The number of aromatic nitrogens is 2. The topological polar surface area (TPSA) is 68.2 Å². The van der Waals surface area contributed by atoms with E-state index in [4.69, 9.17) is 4.74 Å². The lowest BCUT2D eigenvalue weighted by atomic mass is 10.0. The molecule has 6 heteroatoms. The van der Waals surface area contributed by atoms with Crippen LogP contribution in [-0.2, 0) is 17.7 Å². The van der Waals surface area contributed by atoms with Crippen LogP contribution in [0.3, 0.4) is 0 Å². The molecule has 3 aromatic rings. The Morgan fingerprint density at radius 3 is 2.75 bits per heavy atom. The Labute approximate surface area is 164 Å². The summed E-state index contributed by atoms with van der Waals surface area (Å²) in [5.74, 6) is 0. The van der Waals surface area contributed by atoms with Crippen molar-refractivity contribution in [2.24, 2.45) is 0 Å². The van der Waals surface area contributed by atoms with E-state index in [0.29, 0.717) is 12.2 Å². The van der Waals surface area contributed by atoms with Crippen LogP contribution in [-0.4, -0.2) is 28.5 Å². The van der Waals surface area contributed by atoms with Crippen molar-refractivity contribution in [2.45, 2.75) is 31.9 Å². The molecule has 144 valence electrons. The van der Waals surface area contributed by atoms with Gasteiger partial charge >= 0.3 is 6.03 Å². The highest BCUT2D eigenvalue weighted by Gasteiger charge is 2.16. The van der Waals surface area contributed by atoms with E-state index < -0.39 is 0 Å². The summed E-state index contributed by atoms with van der Waals surface area (Å²) in [5.41, 5.74) is 3.73. The molecule has 1 atom stereocenters. The van der Waals surface area contributed by atoms with E-state index in [0.717, 1.165) is 37.1 Å². The minimum atomic E-state index is -0.280. The van der Waals surface area contributed by atoms with Crippen molar-refractivity contribution in [3.8, 4) is 0 Å². The molecule has 4 rings (SSSR count). The number of benzene rings is 2. The van der Waals surface area contributed by atoms with Gasteiger partial charge in [-0.25, -0.2) is 4.79 Å². The van der Waals surface area contributed by atoms with Crippen LogP contribution in [0.1, 0.15) is 24.0 Å². The Bertz CT molecular complexity index is 917. The molecule has 2 amide bonds. The number of nitrogens with zero attached hydrogens (tertiary/aromatic N) is 2. The van der Waals surface area contributed by atoms with Gasteiger partial charge in [0.1, 0.15) is 0 Å². The first kappa shape index (κ1) is 18.3. The number of anilines is 2. The first-order valence-corrected chi connectivity index (χ1v) is 9.60. The summed E-state index contributed by atoms with van der Waals surface area (Å²) in [5, 5.41) is 10.1. The summed E-state index contributed by atoms with van der Waals surface area (Å²) in [6.45, 7) is 1.53. The highest BCUT2D eigenvalue weighted by molar-refractivity contribution is 6.00. The normalized spacial score (nSPS) is 16.1. The van der Waals surface area contributed by atoms with Gasteiger partial charge in [-0.3, -0.25) is 4.68 Å². The molecular formula is C22H24N4O2. The highest BCUT2D eigenvalue weighted by atomic mass is 16.5. The number of nitrogens with one attached hydrogen (secondary N) is 2. The first-order valence-electron chi connectivity index (χ1n) is 9.60. The molecular weight excluding hydrogens is 352 g/mol. The summed E-state index contributed by atoms with van der Waals surface area (Å²) < 4.78 is 7.44. The number of hydrogen-bond donors (Lipinski definition) is 2. The Balaban J connectivity index is 1.37. The second kappa shape index (κ2) is 8.71. The fourth-order valence-electron chi connectivity index (χ4n) is 3.42. The summed E-state index contributed by atoms with van der Waals surface area (Å²) >= 11 is 0. The zero-order chi connectivity index (χ0) is 19.2. The monoisotopic (exact) mass is 376 g/mol. The van der Waals surface area contributed by atoms with Gasteiger partial charge in [0.2, 0.25) is 0 Å². The van der Waals surface area contributed by atoms with Crippen LogP contribution < -0.4 is 10.6 Å². The molecule has 0 spiro atoms. The largest absolute Gasteiger partial charge is 0.376 e. The summed E-state index contributed by atoms with van der Waals surface area (Å²) in [4.78, 5) is 12.5. The maximum absolute atomic E-state index is 12.5. The van der Waals surface area contributed by atoms with Crippen LogP contribution >= 0.6 is 0 Å². The molecule has 6 nitrogen and oxygen atoms in total. The lowest BCUT2D eigenvalue weighted by molar-refractivity contribution is 0.0940. The summed E-state index contributed by atoms with van der Waals surface area (Å²) in [6.07, 6.45) is 6.62. The van der Waals surface area contributed by atoms with E-state index in [1.165, 1.54) is 5.56 Å². The maximum atomic E-state index is 12.5. The Kier molecular flexibility index (Phi) is 5.68. The molecule has 1 saturated heterocycles. The summed E-state index contributed by atoms with van der Waals surface area (Å²) in [6, 6.07) is 17.8. The van der Waals surface area contributed by atoms with E-state index in [1.807, 2.05) is 53.3 Å². The maximum Gasteiger partial charge on any atom is 0.323 e. The number of rotatable bonds is 6. The van der Waals surface area contributed by atoms with Gasteiger partial charge in [0.05, 0.1) is 24.5 Å². The lowest BCUT2D eigenvalue weighted by Crippen LogP contribution is -2.20. The van der Waals surface area contributed by atoms with Crippen molar-refractivity contribution >= 4 is 17.4 Å². The number of para-hydroxylation sites is 1.